The van der Waals surface area contributed by atoms with Crippen LogP contribution in [0.3, 0.4) is 0 Å². The summed E-state index contributed by atoms with van der Waals surface area (Å²) in [6.07, 6.45) is 4.26. The topological polar surface area (TPSA) is 24.9 Å². The van der Waals surface area contributed by atoms with Gasteiger partial charge < -0.3 is 5.32 Å². The Morgan fingerprint density at radius 1 is 1.14 bits per heavy atom. The van der Waals surface area contributed by atoms with Crippen LogP contribution in [0.2, 0.25) is 0 Å². The molecule has 0 saturated heterocycles. The minimum Gasteiger partial charge on any atom is -0.305 e. The van der Waals surface area contributed by atoms with Crippen molar-refractivity contribution >= 4 is 22.2 Å². The Kier molecular flexibility index (Phi) is 4.63. The smallest absolute Gasteiger partial charge is 0.0705 e. The van der Waals surface area contributed by atoms with Crippen molar-refractivity contribution in [2.75, 3.05) is 0 Å². The SMILES string of the molecule is CCCC(NCc1ccnc2ccccc12)c1cccs1. The lowest BCUT2D eigenvalue weighted by Crippen LogP contribution is -2.20. The lowest BCUT2D eigenvalue weighted by molar-refractivity contribution is 0.501. The zero-order valence-electron chi connectivity index (χ0n) is 12.3. The van der Waals surface area contributed by atoms with E-state index in [-0.39, 0.29) is 0 Å². The number of thiophene rings is 1. The predicted octanol–water partition coefficient (Wildman–Crippen LogP) is 4.93. The Morgan fingerprint density at radius 3 is 2.86 bits per heavy atom. The van der Waals surface area contributed by atoms with Gasteiger partial charge in [0.05, 0.1) is 5.52 Å². The number of nitrogens with zero attached hydrogens (tertiary/aromatic N) is 1. The van der Waals surface area contributed by atoms with Crippen LogP contribution in [-0.2, 0) is 6.54 Å². The Hall–Kier alpha value is -1.71. The summed E-state index contributed by atoms with van der Waals surface area (Å²) in [6.45, 7) is 3.12. The lowest BCUT2D eigenvalue weighted by Gasteiger charge is -2.17. The standard InChI is InChI=1S/C18H20N2S/c1-2-6-17(18-9-5-12-21-18)20-13-14-10-11-19-16-8-4-3-7-15(14)16/h3-5,7-12,17,20H,2,6,13H2,1H3. The van der Waals surface area contributed by atoms with Crippen LogP contribution in [0.25, 0.3) is 10.9 Å². The van der Waals surface area contributed by atoms with Gasteiger partial charge in [-0.3, -0.25) is 4.98 Å². The minimum absolute atomic E-state index is 0.446. The van der Waals surface area contributed by atoms with Gasteiger partial charge in [-0.25, -0.2) is 0 Å². The number of para-hydroxylation sites is 1. The van der Waals surface area contributed by atoms with E-state index in [1.54, 1.807) is 0 Å². The predicted molar refractivity (Wildman–Crippen MR) is 90.6 cm³/mol. The van der Waals surface area contributed by atoms with E-state index in [2.05, 4.69) is 59.0 Å². The van der Waals surface area contributed by atoms with Crippen LogP contribution in [0.1, 0.15) is 36.2 Å². The van der Waals surface area contributed by atoms with Gasteiger partial charge in [-0.2, -0.15) is 0 Å². The normalized spacial score (nSPS) is 12.6. The molecule has 1 aromatic carbocycles. The minimum atomic E-state index is 0.446. The molecular formula is C18H20N2S. The molecule has 0 radical (unpaired) electrons. The molecule has 21 heavy (non-hydrogen) atoms. The summed E-state index contributed by atoms with van der Waals surface area (Å²) in [5, 5.41) is 7.11. The second-order valence-corrected chi connectivity index (χ2v) is 6.20. The summed E-state index contributed by atoms with van der Waals surface area (Å²) >= 11 is 1.83. The van der Waals surface area contributed by atoms with E-state index < -0.39 is 0 Å². The number of benzene rings is 1. The molecule has 3 rings (SSSR count). The van der Waals surface area contributed by atoms with Gasteiger partial charge in [0.25, 0.3) is 0 Å². The second kappa shape index (κ2) is 6.83. The Morgan fingerprint density at radius 2 is 2.05 bits per heavy atom. The molecule has 108 valence electrons. The molecule has 2 nitrogen and oxygen atoms in total. The average molecular weight is 296 g/mol. The zero-order valence-corrected chi connectivity index (χ0v) is 13.1. The highest BCUT2D eigenvalue weighted by atomic mass is 32.1. The van der Waals surface area contributed by atoms with Crippen molar-refractivity contribution < 1.29 is 0 Å². The van der Waals surface area contributed by atoms with Crippen molar-refractivity contribution in [3.63, 3.8) is 0 Å². The number of pyridine rings is 1. The van der Waals surface area contributed by atoms with Crippen LogP contribution in [-0.4, -0.2) is 4.98 Å². The molecular weight excluding hydrogens is 276 g/mol. The van der Waals surface area contributed by atoms with Crippen LogP contribution >= 0.6 is 11.3 Å². The molecule has 3 heteroatoms. The Bertz CT molecular complexity index is 686. The van der Waals surface area contributed by atoms with E-state index in [1.807, 2.05) is 23.6 Å². The van der Waals surface area contributed by atoms with E-state index in [0.717, 1.165) is 12.1 Å². The van der Waals surface area contributed by atoms with E-state index in [1.165, 1.54) is 28.7 Å². The number of rotatable bonds is 6. The molecule has 1 N–H and O–H groups in total. The molecule has 0 bridgehead atoms. The van der Waals surface area contributed by atoms with Gasteiger partial charge in [0, 0.05) is 29.0 Å². The first kappa shape index (κ1) is 14.2. The van der Waals surface area contributed by atoms with Crippen molar-refractivity contribution in [2.24, 2.45) is 0 Å². The van der Waals surface area contributed by atoms with Gasteiger partial charge in [-0.05, 0) is 35.6 Å². The summed E-state index contributed by atoms with van der Waals surface area (Å²) in [5.74, 6) is 0. The maximum absolute atomic E-state index is 4.43. The third-order valence-electron chi connectivity index (χ3n) is 3.74. The number of hydrogen-bond donors (Lipinski definition) is 1. The highest BCUT2D eigenvalue weighted by Crippen LogP contribution is 2.24. The fraction of sp³-hybridized carbons (Fsp3) is 0.278. The fourth-order valence-corrected chi connectivity index (χ4v) is 3.50. The molecule has 0 saturated carbocycles. The maximum Gasteiger partial charge on any atom is 0.0705 e. The summed E-state index contributed by atoms with van der Waals surface area (Å²) in [4.78, 5) is 5.86. The van der Waals surface area contributed by atoms with Crippen molar-refractivity contribution in [3.8, 4) is 0 Å². The first-order valence-corrected chi connectivity index (χ1v) is 8.36. The zero-order chi connectivity index (χ0) is 14.5. The molecule has 0 amide bonds. The van der Waals surface area contributed by atoms with Gasteiger partial charge in [-0.15, -0.1) is 11.3 Å². The van der Waals surface area contributed by atoms with Gasteiger partial charge in [0.15, 0.2) is 0 Å². The summed E-state index contributed by atoms with van der Waals surface area (Å²) in [7, 11) is 0. The lowest BCUT2D eigenvalue weighted by atomic mass is 10.1. The largest absolute Gasteiger partial charge is 0.305 e. The van der Waals surface area contributed by atoms with E-state index in [0.29, 0.717) is 6.04 Å². The second-order valence-electron chi connectivity index (χ2n) is 5.22. The van der Waals surface area contributed by atoms with Crippen molar-refractivity contribution in [2.45, 2.75) is 32.4 Å². The van der Waals surface area contributed by atoms with E-state index in [9.17, 15) is 0 Å². The molecule has 1 unspecified atom stereocenters. The summed E-state index contributed by atoms with van der Waals surface area (Å²) < 4.78 is 0. The first-order chi connectivity index (χ1) is 10.4. The van der Waals surface area contributed by atoms with Crippen LogP contribution < -0.4 is 5.32 Å². The molecule has 1 atom stereocenters. The summed E-state index contributed by atoms with van der Waals surface area (Å²) in [5.41, 5.74) is 2.39. The first-order valence-electron chi connectivity index (χ1n) is 7.48. The van der Waals surface area contributed by atoms with Crippen LogP contribution in [0, 0.1) is 0 Å². The fourth-order valence-electron chi connectivity index (χ4n) is 2.67. The molecule has 0 aliphatic carbocycles. The van der Waals surface area contributed by atoms with Gasteiger partial charge in [0.1, 0.15) is 0 Å². The van der Waals surface area contributed by atoms with Crippen molar-refractivity contribution in [3.05, 3.63) is 64.5 Å². The Labute approximate surface area is 129 Å². The monoisotopic (exact) mass is 296 g/mol. The maximum atomic E-state index is 4.43. The third kappa shape index (κ3) is 3.31. The number of aromatic nitrogens is 1. The number of fused-ring (bicyclic) bond motifs is 1. The van der Waals surface area contributed by atoms with Gasteiger partial charge in [-0.1, -0.05) is 37.6 Å². The highest BCUT2D eigenvalue weighted by molar-refractivity contribution is 7.10. The van der Waals surface area contributed by atoms with Crippen molar-refractivity contribution in [1.29, 1.82) is 0 Å². The van der Waals surface area contributed by atoms with E-state index in [4.69, 9.17) is 0 Å². The van der Waals surface area contributed by atoms with Gasteiger partial charge >= 0.3 is 0 Å². The Balaban J connectivity index is 1.78. The summed E-state index contributed by atoms with van der Waals surface area (Å²) in [6, 6.07) is 15.3. The molecule has 0 spiro atoms. The van der Waals surface area contributed by atoms with Crippen LogP contribution in [0.15, 0.2) is 54.0 Å². The third-order valence-corrected chi connectivity index (χ3v) is 4.73. The molecule has 2 heterocycles. The molecule has 3 aromatic rings. The van der Waals surface area contributed by atoms with E-state index >= 15 is 0 Å². The van der Waals surface area contributed by atoms with Crippen LogP contribution in [0.4, 0.5) is 0 Å². The highest BCUT2D eigenvalue weighted by Gasteiger charge is 2.11. The quantitative estimate of drug-likeness (QED) is 0.698. The molecule has 0 fully saturated rings. The molecule has 0 aliphatic rings. The molecule has 2 aromatic heterocycles. The van der Waals surface area contributed by atoms with Crippen molar-refractivity contribution in [1.82, 2.24) is 10.3 Å². The van der Waals surface area contributed by atoms with Gasteiger partial charge in [0.2, 0.25) is 0 Å². The number of hydrogen-bond acceptors (Lipinski definition) is 3. The molecule has 0 aliphatic heterocycles. The average Bonchev–Trinajstić information content (AvgIpc) is 3.05. The number of nitrogens with one attached hydrogen (secondary N) is 1. The van der Waals surface area contributed by atoms with Crippen LogP contribution in [0.5, 0.6) is 0 Å².